The Morgan fingerprint density at radius 3 is 2.67 bits per heavy atom. The fourth-order valence-corrected chi connectivity index (χ4v) is 2.73. The average molecular weight is 328 g/mol. The molecule has 1 aliphatic carbocycles. The summed E-state index contributed by atoms with van der Waals surface area (Å²) < 4.78 is 5.39. The van der Waals surface area contributed by atoms with Gasteiger partial charge in [0.15, 0.2) is 5.82 Å². The molecule has 1 heterocycles. The molecule has 6 nitrogen and oxygen atoms in total. The number of benzene rings is 1. The Hall–Kier alpha value is -2.21. The summed E-state index contributed by atoms with van der Waals surface area (Å²) >= 11 is 0. The number of carbonyl (C=O) groups excluding carboxylic acids is 1. The Balaban J connectivity index is 1.62. The van der Waals surface area contributed by atoms with Crippen molar-refractivity contribution in [3.8, 4) is 0 Å². The van der Waals surface area contributed by atoms with Gasteiger partial charge in [-0.15, -0.1) is 0 Å². The first-order chi connectivity index (χ1) is 11.7. The van der Waals surface area contributed by atoms with E-state index in [2.05, 4.69) is 22.0 Å². The molecule has 1 saturated carbocycles. The normalized spacial score (nSPS) is 14.2. The number of aryl methyl sites for hydroxylation is 1. The molecule has 24 heavy (non-hydrogen) atoms. The van der Waals surface area contributed by atoms with Crippen LogP contribution in [0.15, 0.2) is 28.8 Å². The standard InChI is InChI=1S/C18H24N4O2/c1-2-3-4-16-20-17(24-21-16)12-22(15-9-10-15)11-13-5-7-14(8-6-13)18(19)23/h5-8,15H,2-4,9-12H2,1H3,(H2,19,23). The van der Waals surface area contributed by atoms with Crippen molar-refractivity contribution in [1.29, 1.82) is 0 Å². The number of rotatable bonds is 9. The zero-order valence-corrected chi connectivity index (χ0v) is 14.1. The van der Waals surface area contributed by atoms with Crippen LogP contribution in [0, 0.1) is 0 Å². The molecule has 0 spiro atoms. The highest BCUT2D eigenvalue weighted by Gasteiger charge is 2.30. The van der Waals surface area contributed by atoms with Crippen LogP contribution in [-0.2, 0) is 19.5 Å². The second kappa shape index (κ2) is 7.57. The molecule has 1 amide bonds. The maximum absolute atomic E-state index is 11.2. The van der Waals surface area contributed by atoms with Crippen molar-refractivity contribution in [2.24, 2.45) is 5.73 Å². The van der Waals surface area contributed by atoms with Crippen molar-refractivity contribution in [1.82, 2.24) is 15.0 Å². The van der Waals surface area contributed by atoms with Crippen LogP contribution in [0.5, 0.6) is 0 Å². The highest BCUT2D eigenvalue weighted by atomic mass is 16.5. The Morgan fingerprint density at radius 1 is 1.29 bits per heavy atom. The number of nitrogens with two attached hydrogens (primary N) is 1. The van der Waals surface area contributed by atoms with Crippen LogP contribution in [0.1, 0.15) is 60.2 Å². The van der Waals surface area contributed by atoms with Gasteiger partial charge in [0.1, 0.15) is 0 Å². The minimum absolute atomic E-state index is 0.397. The fourth-order valence-electron chi connectivity index (χ4n) is 2.73. The van der Waals surface area contributed by atoms with E-state index in [1.165, 1.54) is 12.8 Å². The fraction of sp³-hybridized carbons (Fsp3) is 0.500. The zero-order chi connectivity index (χ0) is 16.9. The van der Waals surface area contributed by atoms with Gasteiger partial charge in [-0.05, 0) is 37.0 Å². The summed E-state index contributed by atoms with van der Waals surface area (Å²) in [5.74, 6) is 1.08. The van der Waals surface area contributed by atoms with E-state index in [0.29, 0.717) is 24.0 Å². The van der Waals surface area contributed by atoms with Crippen molar-refractivity contribution in [2.45, 2.75) is 58.2 Å². The minimum atomic E-state index is -0.397. The van der Waals surface area contributed by atoms with Crippen LogP contribution >= 0.6 is 0 Å². The second-order valence-electron chi connectivity index (χ2n) is 6.41. The zero-order valence-electron chi connectivity index (χ0n) is 14.1. The summed E-state index contributed by atoms with van der Waals surface area (Å²) in [5, 5.41) is 4.06. The lowest BCUT2D eigenvalue weighted by atomic mass is 10.1. The third-order valence-corrected chi connectivity index (χ3v) is 4.29. The van der Waals surface area contributed by atoms with E-state index >= 15 is 0 Å². The predicted octanol–water partition coefficient (Wildman–Crippen LogP) is 2.68. The highest BCUT2D eigenvalue weighted by molar-refractivity contribution is 5.92. The van der Waals surface area contributed by atoms with E-state index in [9.17, 15) is 4.79 Å². The summed E-state index contributed by atoms with van der Waals surface area (Å²) in [4.78, 5) is 18.0. The van der Waals surface area contributed by atoms with Crippen LogP contribution in [-0.4, -0.2) is 27.0 Å². The van der Waals surface area contributed by atoms with E-state index in [-0.39, 0.29) is 0 Å². The molecule has 0 saturated heterocycles. The number of carbonyl (C=O) groups is 1. The minimum Gasteiger partial charge on any atom is -0.366 e. The lowest BCUT2D eigenvalue weighted by Crippen LogP contribution is -2.25. The molecule has 2 aromatic rings. The first kappa shape index (κ1) is 16.6. The number of nitrogens with zero attached hydrogens (tertiary/aromatic N) is 3. The van der Waals surface area contributed by atoms with Crippen molar-refractivity contribution >= 4 is 5.91 Å². The van der Waals surface area contributed by atoms with E-state index < -0.39 is 5.91 Å². The van der Waals surface area contributed by atoms with Crippen molar-refractivity contribution < 1.29 is 9.32 Å². The molecule has 6 heteroatoms. The molecular formula is C18H24N4O2. The topological polar surface area (TPSA) is 85.3 Å². The molecule has 1 aromatic carbocycles. The predicted molar refractivity (Wildman–Crippen MR) is 90.1 cm³/mol. The highest BCUT2D eigenvalue weighted by Crippen LogP contribution is 2.29. The van der Waals surface area contributed by atoms with Gasteiger partial charge >= 0.3 is 0 Å². The lowest BCUT2D eigenvalue weighted by Gasteiger charge is -2.20. The summed E-state index contributed by atoms with van der Waals surface area (Å²) in [5.41, 5.74) is 6.97. The third-order valence-electron chi connectivity index (χ3n) is 4.29. The van der Waals surface area contributed by atoms with E-state index in [1.54, 1.807) is 12.1 Å². The van der Waals surface area contributed by atoms with Crippen molar-refractivity contribution in [3.05, 3.63) is 47.1 Å². The molecule has 2 N–H and O–H groups in total. The average Bonchev–Trinajstić information content (AvgIpc) is 3.33. The Morgan fingerprint density at radius 2 is 2.04 bits per heavy atom. The Bertz CT molecular complexity index is 677. The van der Waals surface area contributed by atoms with E-state index in [1.807, 2.05) is 12.1 Å². The van der Waals surface area contributed by atoms with Gasteiger partial charge in [0, 0.05) is 24.6 Å². The molecule has 1 aliphatic rings. The van der Waals surface area contributed by atoms with Crippen LogP contribution in [0.25, 0.3) is 0 Å². The number of amides is 1. The molecule has 0 bridgehead atoms. The molecular weight excluding hydrogens is 304 g/mol. The third kappa shape index (κ3) is 4.41. The Labute approximate surface area is 142 Å². The molecule has 0 atom stereocenters. The number of aromatic nitrogens is 2. The van der Waals surface area contributed by atoms with Crippen molar-refractivity contribution in [2.75, 3.05) is 0 Å². The summed E-state index contributed by atoms with van der Waals surface area (Å²) in [7, 11) is 0. The largest absolute Gasteiger partial charge is 0.366 e. The van der Waals surface area contributed by atoms with Crippen molar-refractivity contribution in [3.63, 3.8) is 0 Å². The number of primary amides is 1. The number of unbranched alkanes of at least 4 members (excludes halogenated alkanes) is 1. The maximum atomic E-state index is 11.2. The molecule has 0 unspecified atom stereocenters. The molecule has 0 aliphatic heterocycles. The first-order valence-corrected chi connectivity index (χ1v) is 8.60. The van der Waals surface area contributed by atoms with Gasteiger partial charge in [0.2, 0.25) is 11.8 Å². The van der Waals surface area contributed by atoms with Gasteiger partial charge in [-0.3, -0.25) is 9.69 Å². The van der Waals surface area contributed by atoms with Gasteiger partial charge in [0.05, 0.1) is 6.54 Å². The monoisotopic (exact) mass is 328 g/mol. The Kier molecular flexibility index (Phi) is 5.25. The SMILES string of the molecule is CCCCc1noc(CN(Cc2ccc(C(N)=O)cc2)C2CC2)n1. The van der Waals surface area contributed by atoms with Crippen LogP contribution in [0.4, 0.5) is 0 Å². The smallest absolute Gasteiger partial charge is 0.248 e. The van der Waals surface area contributed by atoms with Gasteiger partial charge < -0.3 is 10.3 Å². The van der Waals surface area contributed by atoms with Crippen LogP contribution in [0.3, 0.4) is 0 Å². The molecule has 1 aromatic heterocycles. The van der Waals surface area contributed by atoms with Crippen LogP contribution in [0.2, 0.25) is 0 Å². The lowest BCUT2D eigenvalue weighted by molar-refractivity contribution is 0.100. The van der Waals surface area contributed by atoms with Gasteiger partial charge in [0.25, 0.3) is 0 Å². The maximum Gasteiger partial charge on any atom is 0.248 e. The first-order valence-electron chi connectivity index (χ1n) is 8.60. The van der Waals surface area contributed by atoms with E-state index in [4.69, 9.17) is 10.3 Å². The molecule has 128 valence electrons. The summed E-state index contributed by atoms with van der Waals surface area (Å²) in [6.45, 7) is 3.62. The molecule has 0 radical (unpaired) electrons. The molecule has 1 fully saturated rings. The second-order valence-corrected chi connectivity index (χ2v) is 6.41. The summed E-state index contributed by atoms with van der Waals surface area (Å²) in [6, 6.07) is 8.04. The summed E-state index contributed by atoms with van der Waals surface area (Å²) in [6.07, 6.45) is 5.49. The quantitative estimate of drug-likeness (QED) is 0.765. The number of hydrogen-bond acceptors (Lipinski definition) is 5. The molecule has 3 rings (SSSR count). The number of hydrogen-bond donors (Lipinski definition) is 1. The van der Waals surface area contributed by atoms with Gasteiger partial charge in [-0.1, -0.05) is 30.6 Å². The van der Waals surface area contributed by atoms with Crippen LogP contribution < -0.4 is 5.73 Å². The van der Waals surface area contributed by atoms with Gasteiger partial charge in [-0.25, -0.2) is 0 Å². The van der Waals surface area contributed by atoms with E-state index in [0.717, 1.165) is 37.2 Å². The van der Waals surface area contributed by atoms with Gasteiger partial charge in [-0.2, -0.15) is 4.98 Å².